The van der Waals surface area contributed by atoms with Crippen molar-refractivity contribution in [3.05, 3.63) is 34.1 Å². The molecule has 0 atom stereocenters. The van der Waals surface area contributed by atoms with Gasteiger partial charge in [0.15, 0.2) is 5.82 Å². The summed E-state index contributed by atoms with van der Waals surface area (Å²) in [7, 11) is 0. The Morgan fingerprint density at radius 1 is 1.14 bits per heavy atom. The van der Waals surface area contributed by atoms with Gasteiger partial charge in [0.05, 0.1) is 5.54 Å². The normalized spacial score (nSPS) is 18.4. The molecule has 1 aliphatic rings. The molecule has 4 nitrogen and oxygen atoms in total. The zero-order valence-corrected chi connectivity index (χ0v) is 13.8. The van der Waals surface area contributed by atoms with Crippen LogP contribution in [0.15, 0.2) is 27.2 Å². The van der Waals surface area contributed by atoms with Crippen LogP contribution in [-0.4, -0.2) is 10.1 Å². The maximum Gasteiger partial charge on any atom is 0.258 e. The van der Waals surface area contributed by atoms with E-state index in [1.165, 1.54) is 12.8 Å². The fraction of sp³-hybridized carbons (Fsp3) is 0.500. The molecular weight excluding hydrogens is 330 g/mol. The minimum atomic E-state index is -0.431. The Kier molecular flexibility index (Phi) is 4.13. The molecule has 0 radical (unpaired) electrons. The molecule has 5 heteroatoms. The second-order valence-corrected chi connectivity index (χ2v) is 6.93. The van der Waals surface area contributed by atoms with Crippen molar-refractivity contribution in [3.63, 3.8) is 0 Å². The van der Waals surface area contributed by atoms with Crippen LogP contribution in [0.25, 0.3) is 11.5 Å². The quantitative estimate of drug-likeness (QED) is 0.820. The molecule has 1 aromatic carbocycles. The molecule has 1 fully saturated rings. The van der Waals surface area contributed by atoms with Crippen molar-refractivity contribution in [1.82, 2.24) is 10.1 Å². The second-order valence-electron chi connectivity index (χ2n) is 6.01. The smallest absolute Gasteiger partial charge is 0.258 e. The van der Waals surface area contributed by atoms with Crippen molar-refractivity contribution in [3.8, 4) is 11.5 Å². The fourth-order valence-electron chi connectivity index (χ4n) is 2.99. The maximum atomic E-state index is 6.54. The van der Waals surface area contributed by atoms with Gasteiger partial charge in [0, 0.05) is 10.0 Å². The molecule has 1 aromatic heterocycles. The molecule has 0 aliphatic heterocycles. The lowest BCUT2D eigenvalue weighted by Crippen LogP contribution is -2.37. The molecule has 0 amide bonds. The lowest BCUT2D eigenvalue weighted by Gasteiger charge is -2.23. The van der Waals surface area contributed by atoms with Gasteiger partial charge in [-0.25, -0.2) is 0 Å². The highest BCUT2D eigenvalue weighted by atomic mass is 79.9. The average molecular weight is 350 g/mol. The van der Waals surface area contributed by atoms with Gasteiger partial charge in [0.2, 0.25) is 0 Å². The summed E-state index contributed by atoms with van der Waals surface area (Å²) >= 11 is 3.50. The van der Waals surface area contributed by atoms with Gasteiger partial charge < -0.3 is 10.3 Å². The molecule has 0 unspecified atom stereocenters. The molecule has 21 heavy (non-hydrogen) atoms. The highest BCUT2D eigenvalue weighted by Gasteiger charge is 2.33. The van der Waals surface area contributed by atoms with Crippen LogP contribution in [0.4, 0.5) is 0 Å². The molecule has 2 N–H and O–H groups in total. The number of hydrogen-bond donors (Lipinski definition) is 1. The number of nitrogens with two attached hydrogens (primary N) is 1. The second kappa shape index (κ2) is 5.89. The predicted molar refractivity (Wildman–Crippen MR) is 85.7 cm³/mol. The number of aryl methyl sites for hydroxylation is 1. The van der Waals surface area contributed by atoms with Crippen LogP contribution < -0.4 is 5.73 Å². The lowest BCUT2D eigenvalue weighted by atomic mass is 9.91. The van der Waals surface area contributed by atoms with E-state index in [0.717, 1.165) is 41.3 Å². The number of rotatable bonds is 2. The van der Waals surface area contributed by atoms with Gasteiger partial charge in [-0.15, -0.1) is 0 Å². The molecule has 112 valence electrons. The first-order valence-electron chi connectivity index (χ1n) is 7.47. The molecule has 3 rings (SSSR count). The number of hydrogen-bond acceptors (Lipinski definition) is 4. The highest BCUT2D eigenvalue weighted by Crippen LogP contribution is 2.33. The summed E-state index contributed by atoms with van der Waals surface area (Å²) in [5.41, 5.74) is 8.18. The standard InChI is InChI=1S/C16H20BrN3O/c1-11-8-12(10-13(17)9-11)14-19-15(20-21-14)16(18)6-4-2-3-5-7-16/h8-10H,2-7,18H2,1H3. The molecule has 2 aromatic rings. The van der Waals surface area contributed by atoms with E-state index in [2.05, 4.69) is 32.1 Å². The summed E-state index contributed by atoms with van der Waals surface area (Å²) in [6.45, 7) is 2.04. The molecule has 0 spiro atoms. The Bertz CT molecular complexity index is 610. The number of halogens is 1. The monoisotopic (exact) mass is 349 g/mol. The van der Waals surface area contributed by atoms with Crippen molar-refractivity contribution in [2.75, 3.05) is 0 Å². The Morgan fingerprint density at radius 2 is 1.86 bits per heavy atom. The third-order valence-corrected chi connectivity index (χ3v) is 4.61. The van der Waals surface area contributed by atoms with Crippen molar-refractivity contribution in [2.24, 2.45) is 5.73 Å². The first-order chi connectivity index (χ1) is 10.1. The number of aromatic nitrogens is 2. The Hall–Kier alpha value is -1.20. The van der Waals surface area contributed by atoms with Crippen molar-refractivity contribution in [1.29, 1.82) is 0 Å². The first-order valence-corrected chi connectivity index (χ1v) is 8.27. The summed E-state index contributed by atoms with van der Waals surface area (Å²) in [5, 5.41) is 4.16. The third kappa shape index (κ3) is 3.19. The highest BCUT2D eigenvalue weighted by molar-refractivity contribution is 9.10. The predicted octanol–water partition coefficient (Wildman–Crippen LogP) is 4.32. The van der Waals surface area contributed by atoms with Gasteiger partial charge in [-0.3, -0.25) is 0 Å². The summed E-state index contributed by atoms with van der Waals surface area (Å²) in [4.78, 5) is 4.58. The molecule has 0 bridgehead atoms. The van der Waals surface area contributed by atoms with Crippen LogP contribution in [-0.2, 0) is 5.54 Å². The fourth-order valence-corrected chi connectivity index (χ4v) is 3.59. The van der Waals surface area contributed by atoms with Gasteiger partial charge >= 0.3 is 0 Å². The van der Waals surface area contributed by atoms with Crippen LogP contribution in [0.2, 0.25) is 0 Å². The van der Waals surface area contributed by atoms with Crippen LogP contribution >= 0.6 is 15.9 Å². The average Bonchev–Trinajstić information content (AvgIpc) is 2.83. The van der Waals surface area contributed by atoms with E-state index in [4.69, 9.17) is 10.3 Å². The van der Waals surface area contributed by atoms with Gasteiger partial charge in [-0.2, -0.15) is 4.98 Å². The lowest BCUT2D eigenvalue weighted by molar-refractivity contribution is 0.334. The van der Waals surface area contributed by atoms with E-state index < -0.39 is 5.54 Å². The van der Waals surface area contributed by atoms with Crippen LogP contribution in [0.3, 0.4) is 0 Å². The van der Waals surface area contributed by atoms with Crippen LogP contribution in [0, 0.1) is 6.92 Å². The van der Waals surface area contributed by atoms with Gasteiger partial charge in [0.1, 0.15) is 0 Å². The van der Waals surface area contributed by atoms with Crippen molar-refractivity contribution >= 4 is 15.9 Å². The topological polar surface area (TPSA) is 64.9 Å². The van der Waals surface area contributed by atoms with E-state index in [1.54, 1.807) is 0 Å². The first kappa shape index (κ1) is 14.7. The van der Waals surface area contributed by atoms with E-state index in [0.29, 0.717) is 11.7 Å². The molecule has 1 aliphatic carbocycles. The zero-order chi connectivity index (χ0) is 14.9. The van der Waals surface area contributed by atoms with Crippen molar-refractivity contribution < 1.29 is 4.52 Å². The summed E-state index contributed by atoms with van der Waals surface area (Å²) in [5.74, 6) is 1.19. The van der Waals surface area contributed by atoms with E-state index >= 15 is 0 Å². The molecular formula is C16H20BrN3O. The molecule has 1 saturated carbocycles. The van der Waals surface area contributed by atoms with Crippen molar-refractivity contribution in [2.45, 2.75) is 51.0 Å². The Labute approximate surface area is 133 Å². The van der Waals surface area contributed by atoms with E-state index in [1.807, 2.05) is 19.1 Å². The summed E-state index contributed by atoms with van der Waals surface area (Å²) in [6.07, 6.45) is 6.63. The molecule has 1 heterocycles. The van der Waals surface area contributed by atoms with Gasteiger partial charge in [0.25, 0.3) is 5.89 Å². The summed E-state index contributed by atoms with van der Waals surface area (Å²) < 4.78 is 6.47. The van der Waals surface area contributed by atoms with Gasteiger partial charge in [-0.1, -0.05) is 46.8 Å². The maximum absolute atomic E-state index is 6.54. The van der Waals surface area contributed by atoms with Crippen LogP contribution in [0.5, 0.6) is 0 Å². The number of benzene rings is 1. The molecule has 0 saturated heterocycles. The Morgan fingerprint density at radius 3 is 2.52 bits per heavy atom. The summed E-state index contributed by atoms with van der Waals surface area (Å²) in [6, 6.07) is 6.08. The van der Waals surface area contributed by atoms with E-state index in [-0.39, 0.29) is 0 Å². The minimum absolute atomic E-state index is 0.431. The van der Waals surface area contributed by atoms with Crippen LogP contribution in [0.1, 0.15) is 49.9 Å². The third-order valence-electron chi connectivity index (χ3n) is 4.16. The SMILES string of the molecule is Cc1cc(Br)cc(-c2nc(C3(N)CCCCCC3)no2)c1. The number of nitrogens with zero attached hydrogens (tertiary/aromatic N) is 2. The largest absolute Gasteiger partial charge is 0.334 e. The van der Waals surface area contributed by atoms with E-state index in [9.17, 15) is 0 Å². The van der Waals surface area contributed by atoms with Gasteiger partial charge in [-0.05, 0) is 43.5 Å². The minimum Gasteiger partial charge on any atom is -0.334 e. The zero-order valence-electron chi connectivity index (χ0n) is 12.2. The Balaban J connectivity index is 1.92.